The molecule has 0 bridgehead atoms. The van der Waals surface area contributed by atoms with E-state index in [2.05, 4.69) is 6.07 Å². The number of primary amides is 1. The van der Waals surface area contributed by atoms with Gasteiger partial charge in [-0.25, -0.2) is 0 Å². The van der Waals surface area contributed by atoms with Crippen molar-refractivity contribution >= 4 is 11.8 Å². The van der Waals surface area contributed by atoms with Crippen molar-refractivity contribution in [3.63, 3.8) is 0 Å². The molecule has 0 saturated carbocycles. The zero-order valence-corrected chi connectivity index (χ0v) is 10.7. The van der Waals surface area contributed by atoms with Crippen LogP contribution in [0, 0.1) is 20.8 Å². The van der Waals surface area contributed by atoms with Gasteiger partial charge in [0.05, 0.1) is 0 Å². The summed E-state index contributed by atoms with van der Waals surface area (Å²) in [5.74, 6) is -1.59. The molecule has 0 aliphatic heterocycles. The predicted molar refractivity (Wildman–Crippen MR) is 66.3 cm³/mol. The average Bonchev–Trinajstić information content (AvgIpc) is 2.24. The lowest BCUT2D eigenvalue weighted by Crippen LogP contribution is -2.37. The summed E-state index contributed by atoms with van der Waals surface area (Å²) in [4.78, 5) is 23.5. The maximum atomic E-state index is 11.4. The first kappa shape index (κ1) is 13.2. The molecule has 1 aromatic rings. The second kappa shape index (κ2) is 4.99. The second-order valence-electron chi connectivity index (χ2n) is 4.39. The van der Waals surface area contributed by atoms with Crippen molar-refractivity contribution in [1.29, 1.82) is 0 Å². The number of carbonyl (C=O) groups excluding carboxylic acids is 2. The molecule has 0 aliphatic rings. The Morgan fingerprint density at radius 3 is 2.18 bits per heavy atom. The van der Waals surface area contributed by atoms with Crippen LogP contribution in [0.15, 0.2) is 12.1 Å². The topological polar surface area (TPSA) is 63.4 Å². The lowest BCUT2D eigenvalue weighted by atomic mass is 10.0. The molecular formula is C13H18N2O2. The molecule has 0 aliphatic carbocycles. The van der Waals surface area contributed by atoms with E-state index < -0.39 is 11.8 Å². The van der Waals surface area contributed by atoms with Gasteiger partial charge in [-0.15, -0.1) is 0 Å². The fraction of sp³-hybridized carbons (Fsp3) is 0.385. The van der Waals surface area contributed by atoms with Crippen molar-refractivity contribution in [3.05, 3.63) is 34.4 Å². The van der Waals surface area contributed by atoms with Crippen LogP contribution in [0.1, 0.15) is 22.3 Å². The van der Waals surface area contributed by atoms with Gasteiger partial charge in [-0.1, -0.05) is 12.1 Å². The Bertz CT molecular complexity index is 467. The summed E-state index contributed by atoms with van der Waals surface area (Å²) in [5.41, 5.74) is 9.48. The molecule has 0 aromatic heterocycles. The van der Waals surface area contributed by atoms with Gasteiger partial charge >= 0.3 is 11.8 Å². The Kier molecular flexibility index (Phi) is 3.89. The highest BCUT2D eigenvalue weighted by Crippen LogP contribution is 2.16. The Morgan fingerprint density at radius 2 is 1.65 bits per heavy atom. The SMILES string of the molecule is Cc1cc(C)c(CN(C)C(=O)C(N)=O)cc1C. The molecule has 2 amide bonds. The fourth-order valence-corrected chi connectivity index (χ4v) is 1.71. The minimum Gasteiger partial charge on any atom is -0.361 e. The van der Waals surface area contributed by atoms with Gasteiger partial charge in [0.1, 0.15) is 0 Å². The van der Waals surface area contributed by atoms with Gasteiger partial charge in [0.2, 0.25) is 0 Å². The van der Waals surface area contributed by atoms with E-state index in [0.29, 0.717) is 6.54 Å². The Hall–Kier alpha value is -1.84. The second-order valence-corrected chi connectivity index (χ2v) is 4.39. The summed E-state index contributed by atoms with van der Waals surface area (Å²) in [6.45, 7) is 6.46. The quantitative estimate of drug-likeness (QED) is 0.777. The molecule has 0 atom stereocenters. The van der Waals surface area contributed by atoms with Gasteiger partial charge in [-0.3, -0.25) is 9.59 Å². The molecule has 0 unspecified atom stereocenters. The minimum absolute atomic E-state index is 0.398. The third-order valence-corrected chi connectivity index (χ3v) is 2.92. The van der Waals surface area contributed by atoms with Crippen LogP contribution in [0.5, 0.6) is 0 Å². The number of likely N-dealkylation sites (N-methyl/N-ethyl adjacent to an activating group) is 1. The van der Waals surface area contributed by atoms with Crippen LogP contribution in [0.3, 0.4) is 0 Å². The number of carbonyl (C=O) groups is 2. The summed E-state index contributed by atoms with van der Waals surface area (Å²) in [6.07, 6.45) is 0. The summed E-state index contributed by atoms with van der Waals surface area (Å²) < 4.78 is 0. The number of nitrogens with zero attached hydrogens (tertiary/aromatic N) is 1. The van der Waals surface area contributed by atoms with Crippen LogP contribution in [-0.2, 0) is 16.1 Å². The smallest absolute Gasteiger partial charge is 0.311 e. The van der Waals surface area contributed by atoms with Crippen molar-refractivity contribution < 1.29 is 9.59 Å². The molecule has 17 heavy (non-hydrogen) atoms. The van der Waals surface area contributed by atoms with Crippen LogP contribution >= 0.6 is 0 Å². The Morgan fingerprint density at radius 1 is 1.12 bits per heavy atom. The molecule has 0 fully saturated rings. The molecule has 0 spiro atoms. The van der Waals surface area contributed by atoms with Crippen molar-refractivity contribution in [1.82, 2.24) is 4.90 Å². The first-order chi connectivity index (χ1) is 7.82. The molecular weight excluding hydrogens is 216 g/mol. The van der Waals surface area contributed by atoms with Crippen molar-refractivity contribution in [2.45, 2.75) is 27.3 Å². The van der Waals surface area contributed by atoms with Crippen LogP contribution in [0.2, 0.25) is 0 Å². The van der Waals surface area contributed by atoms with E-state index in [1.165, 1.54) is 16.0 Å². The highest BCUT2D eigenvalue weighted by Gasteiger charge is 2.15. The van der Waals surface area contributed by atoms with Gasteiger partial charge in [0.25, 0.3) is 0 Å². The summed E-state index contributed by atoms with van der Waals surface area (Å²) in [5, 5.41) is 0. The average molecular weight is 234 g/mol. The van der Waals surface area contributed by atoms with Crippen LogP contribution < -0.4 is 5.73 Å². The summed E-state index contributed by atoms with van der Waals surface area (Å²) >= 11 is 0. The number of hydrogen-bond acceptors (Lipinski definition) is 2. The van der Waals surface area contributed by atoms with Crippen LogP contribution in [0.25, 0.3) is 0 Å². The molecule has 92 valence electrons. The molecule has 4 heteroatoms. The normalized spacial score (nSPS) is 10.1. The maximum absolute atomic E-state index is 11.4. The van der Waals surface area contributed by atoms with E-state index in [-0.39, 0.29) is 0 Å². The number of nitrogens with two attached hydrogens (primary N) is 1. The Balaban J connectivity index is 2.92. The lowest BCUT2D eigenvalue weighted by Gasteiger charge is -2.17. The number of amides is 2. The Labute approximate surface area is 101 Å². The zero-order valence-electron chi connectivity index (χ0n) is 10.7. The highest BCUT2D eigenvalue weighted by atomic mass is 16.2. The standard InChI is InChI=1S/C13H18N2O2/c1-8-5-10(3)11(6-9(8)2)7-15(4)13(17)12(14)16/h5-6H,7H2,1-4H3,(H2,14,16). The van der Waals surface area contributed by atoms with Crippen molar-refractivity contribution in [3.8, 4) is 0 Å². The number of rotatable bonds is 2. The maximum Gasteiger partial charge on any atom is 0.311 e. The van der Waals surface area contributed by atoms with E-state index >= 15 is 0 Å². The largest absolute Gasteiger partial charge is 0.361 e. The first-order valence-electron chi connectivity index (χ1n) is 5.44. The van der Waals surface area contributed by atoms with Gasteiger partial charge in [0.15, 0.2) is 0 Å². The van der Waals surface area contributed by atoms with Crippen molar-refractivity contribution in [2.24, 2.45) is 5.73 Å². The van der Waals surface area contributed by atoms with Crippen LogP contribution in [0.4, 0.5) is 0 Å². The van der Waals surface area contributed by atoms with E-state index in [1.807, 2.05) is 26.8 Å². The van der Waals surface area contributed by atoms with Gasteiger partial charge in [-0.2, -0.15) is 0 Å². The molecule has 0 radical (unpaired) electrons. The first-order valence-corrected chi connectivity index (χ1v) is 5.44. The lowest BCUT2D eigenvalue weighted by molar-refractivity contribution is -0.143. The summed E-state index contributed by atoms with van der Waals surface area (Å²) in [6, 6.07) is 4.11. The van der Waals surface area contributed by atoms with Crippen LogP contribution in [-0.4, -0.2) is 23.8 Å². The predicted octanol–water partition coefficient (Wildman–Crippen LogP) is 1.06. The van der Waals surface area contributed by atoms with Crippen molar-refractivity contribution in [2.75, 3.05) is 7.05 Å². The van der Waals surface area contributed by atoms with Gasteiger partial charge in [0, 0.05) is 13.6 Å². The van der Waals surface area contributed by atoms with E-state index in [4.69, 9.17) is 5.73 Å². The summed E-state index contributed by atoms with van der Waals surface area (Å²) in [7, 11) is 1.57. The van der Waals surface area contributed by atoms with Gasteiger partial charge in [-0.05, 0) is 43.0 Å². The molecule has 1 aromatic carbocycles. The minimum atomic E-state index is -0.922. The molecule has 0 saturated heterocycles. The fourth-order valence-electron chi connectivity index (χ4n) is 1.71. The van der Waals surface area contributed by atoms with E-state index in [1.54, 1.807) is 7.05 Å². The number of benzene rings is 1. The highest BCUT2D eigenvalue weighted by molar-refractivity contribution is 6.34. The van der Waals surface area contributed by atoms with E-state index in [9.17, 15) is 9.59 Å². The molecule has 1 rings (SSSR count). The monoisotopic (exact) mass is 234 g/mol. The third kappa shape index (κ3) is 3.06. The zero-order chi connectivity index (χ0) is 13.2. The number of hydrogen-bond donors (Lipinski definition) is 1. The molecule has 2 N–H and O–H groups in total. The number of aryl methyl sites for hydroxylation is 3. The molecule has 4 nitrogen and oxygen atoms in total. The van der Waals surface area contributed by atoms with Gasteiger partial charge < -0.3 is 10.6 Å². The van der Waals surface area contributed by atoms with E-state index in [0.717, 1.165) is 11.1 Å². The molecule has 0 heterocycles. The third-order valence-electron chi connectivity index (χ3n) is 2.92.